The quantitative estimate of drug-likeness (QED) is 0.716. The van der Waals surface area contributed by atoms with E-state index in [1.54, 1.807) is 18.4 Å². The van der Waals surface area contributed by atoms with Gasteiger partial charge in [0.2, 0.25) is 0 Å². The van der Waals surface area contributed by atoms with Gasteiger partial charge in [0.1, 0.15) is 11.9 Å². The van der Waals surface area contributed by atoms with Crippen LogP contribution in [0.4, 0.5) is 0 Å². The Morgan fingerprint density at radius 2 is 1.76 bits per heavy atom. The van der Waals surface area contributed by atoms with Crippen molar-refractivity contribution in [3.05, 3.63) is 65.0 Å². The Morgan fingerprint density at radius 1 is 0.952 bits per heavy atom. The molecule has 0 fully saturated rings. The lowest BCUT2D eigenvalue weighted by Gasteiger charge is -2.16. The fourth-order valence-electron chi connectivity index (χ4n) is 3.06. The number of ether oxygens (including phenoxy) is 1. The number of aliphatic hydroxyl groups excluding tert-OH is 1. The van der Waals surface area contributed by atoms with Crippen molar-refractivity contribution in [3.63, 3.8) is 0 Å². The number of hydrogen-bond acceptors (Lipinski definition) is 3. The molecule has 1 aliphatic rings. The van der Waals surface area contributed by atoms with E-state index in [0.29, 0.717) is 0 Å². The van der Waals surface area contributed by atoms with Gasteiger partial charge in [-0.15, -0.1) is 11.3 Å². The van der Waals surface area contributed by atoms with Crippen molar-refractivity contribution in [1.82, 2.24) is 0 Å². The van der Waals surface area contributed by atoms with E-state index in [1.807, 2.05) is 36.4 Å². The molecule has 1 unspecified atom stereocenters. The fraction of sp³-hybridized carbons (Fsp3) is 0.111. The van der Waals surface area contributed by atoms with Crippen molar-refractivity contribution in [3.8, 4) is 27.3 Å². The molecule has 0 amide bonds. The minimum absolute atomic E-state index is 0.633. The van der Waals surface area contributed by atoms with Gasteiger partial charge in [-0.25, -0.2) is 0 Å². The predicted molar refractivity (Wildman–Crippen MR) is 85.8 cm³/mol. The average Bonchev–Trinajstić information content (AvgIpc) is 2.99. The highest BCUT2D eigenvalue weighted by Gasteiger charge is 2.28. The standard InChI is InChI=1S/C18H14O2S/c1-20-15-8-4-7-13-16(15)14-9-10-21-18(14)12-6-3-2-5-11(12)17(13)19/h2-10,17,19H,1H3. The van der Waals surface area contributed by atoms with E-state index >= 15 is 0 Å². The molecule has 2 aromatic carbocycles. The van der Waals surface area contributed by atoms with E-state index in [2.05, 4.69) is 17.5 Å². The lowest BCUT2D eigenvalue weighted by molar-refractivity contribution is 0.221. The third kappa shape index (κ3) is 1.75. The Labute approximate surface area is 127 Å². The molecule has 0 saturated carbocycles. The molecule has 104 valence electrons. The molecule has 3 aromatic rings. The van der Waals surface area contributed by atoms with Gasteiger partial charge in [0.05, 0.1) is 7.11 Å². The van der Waals surface area contributed by atoms with Gasteiger partial charge in [0.25, 0.3) is 0 Å². The van der Waals surface area contributed by atoms with E-state index < -0.39 is 6.10 Å². The molecule has 21 heavy (non-hydrogen) atoms. The van der Waals surface area contributed by atoms with Gasteiger partial charge in [-0.05, 0) is 34.2 Å². The summed E-state index contributed by atoms with van der Waals surface area (Å²) in [6.07, 6.45) is -0.633. The molecule has 0 saturated heterocycles. The molecule has 0 bridgehead atoms. The lowest BCUT2D eigenvalue weighted by Crippen LogP contribution is -2.02. The maximum absolute atomic E-state index is 10.9. The Morgan fingerprint density at radius 3 is 2.62 bits per heavy atom. The van der Waals surface area contributed by atoms with Gasteiger partial charge in [0.15, 0.2) is 0 Å². The fourth-order valence-corrected chi connectivity index (χ4v) is 4.01. The maximum atomic E-state index is 10.9. The summed E-state index contributed by atoms with van der Waals surface area (Å²) in [5, 5.41) is 12.9. The Balaban J connectivity index is 2.15. The zero-order valence-corrected chi connectivity index (χ0v) is 12.4. The van der Waals surface area contributed by atoms with Crippen LogP contribution in [-0.2, 0) is 0 Å². The van der Waals surface area contributed by atoms with E-state index in [-0.39, 0.29) is 0 Å². The number of benzene rings is 2. The van der Waals surface area contributed by atoms with Gasteiger partial charge in [-0.3, -0.25) is 0 Å². The van der Waals surface area contributed by atoms with Gasteiger partial charge in [0, 0.05) is 16.0 Å². The number of fused-ring (bicyclic) bond motifs is 5. The summed E-state index contributed by atoms with van der Waals surface area (Å²) in [7, 11) is 1.67. The molecule has 1 atom stereocenters. The average molecular weight is 294 g/mol. The smallest absolute Gasteiger partial charge is 0.127 e. The van der Waals surface area contributed by atoms with Crippen LogP contribution in [-0.4, -0.2) is 12.2 Å². The normalized spacial score (nSPS) is 15.6. The Bertz CT molecular complexity index is 820. The summed E-state index contributed by atoms with van der Waals surface area (Å²) in [6, 6.07) is 16.0. The molecule has 3 heteroatoms. The first kappa shape index (κ1) is 12.6. The molecular weight excluding hydrogens is 280 g/mol. The van der Waals surface area contributed by atoms with Crippen molar-refractivity contribution in [2.24, 2.45) is 0 Å². The van der Waals surface area contributed by atoms with Crippen LogP contribution in [0.2, 0.25) is 0 Å². The summed E-state index contributed by atoms with van der Waals surface area (Å²) in [6.45, 7) is 0. The minimum Gasteiger partial charge on any atom is -0.496 e. The van der Waals surface area contributed by atoms with Crippen LogP contribution in [0, 0.1) is 0 Å². The Hall–Kier alpha value is -2.10. The summed E-state index contributed by atoms with van der Waals surface area (Å²) in [5.41, 5.74) is 5.09. The second kappa shape index (κ2) is 4.72. The Kier molecular flexibility index (Phi) is 2.84. The van der Waals surface area contributed by atoms with Crippen LogP contribution in [0.15, 0.2) is 53.9 Å². The van der Waals surface area contributed by atoms with Crippen LogP contribution >= 0.6 is 11.3 Å². The summed E-state index contributed by atoms with van der Waals surface area (Å²) < 4.78 is 5.54. The summed E-state index contributed by atoms with van der Waals surface area (Å²) >= 11 is 1.70. The summed E-state index contributed by atoms with van der Waals surface area (Å²) in [4.78, 5) is 1.19. The molecule has 4 rings (SSSR count). The van der Waals surface area contributed by atoms with Crippen LogP contribution in [0.3, 0.4) is 0 Å². The topological polar surface area (TPSA) is 29.5 Å². The predicted octanol–water partition coefficient (Wildman–Crippen LogP) is 4.49. The number of rotatable bonds is 1. The number of hydrogen-bond donors (Lipinski definition) is 1. The van der Waals surface area contributed by atoms with Crippen LogP contribution < -0.4 is 4.74 Å². The zero-order chi connectivity index (χ0) is 14.4. The van der Waals surface area contributed by atoms with Crippen molar-refractivity contribution >= 4 is 11.3 Å². The minimum atomic E-state index is -0.633. The highest BCUT2D eigenvalue weighted by Crippen LogP contribution is 2.49. The number of methoxy groups -OCH3 is 1. The molecule has 2 nitrogen and oxygen atoms in total. The first-order valence-corrected chi connectivity index (χ1v) is 7.71. The highest BCUT2D eigenvalue weighted by molar-refractivity contribution is 7.14. The number of aliphatic hydroxyl groups is 1. The first-order chi connectivity index (χ1) is 10.3. The van der Waals surface area contributed by atoms with Gasteiger partial charge < -0.3 is 9.84 Å². The van der Waals surface area contributed by atoms with Gasteiger partial charge in [-0.2, -0.15) is 0 Å². The van der Waals surface area contributed by atoms with Crippen molar-refractivity contribution in [2.75, 3.05) is 7.11 Å². The number of thiophene rings is 1. The molecule has 1 aliphatic carbocycles. The van der Waals surface area contributed by atoms with Crippen LogP contribution in [0.1, 0.15) is 17.2 Å². The molecule has 1 aromatic heterocycles. The third-order valence-corrected chi connectivity index (χ3v) is 4.96. The molecule has 0 radical (unpaired) electrons. The lowest BCUT2D eigenvalue weighted by atomic mass is 9.95. The van der Waals surface area contributed by atoms with Gasteiger partial charge in [-0.1, -0.05) is 36.4 Å². The largest absolute Gasteiger partial charge is 0.496 e. The van der Waals surface area contributed by atoms with E-state index in [4.69, 9.17) is 4.74 Å². The second-order valence-electron chi connectivity index (χ2n) is 5.08. The molecule has 1 N–H and O–H groups in total. The molecular formula is C18H14O2S. The maximum Gasteiger partial charge on any atom is 0.127 e. The van der Waals surface area contributed by atoms with Crippen molar-refractivity contribution in [1.29, 1.82) is 0 Å². The second-order valence-corrected chi connectivity index (χ2v) is 5.99. The summed E-state index contributed by atoms with van der Waals surface area (Å²) in [5.74, 6) is 0.805. The van der Waals surface area contributed by atoms with Crippen molar-refractivity contribution < 1.29 is 9.84 Å². The van der Waals surface area contributed by atoms with Crippen LogP contribution in [0.25, 0.3) is 21.6 Å². The molecule has 0 spiro atoms. The van der Waals surface area contributed by atoms with E-state index in [9.17, 15) is 5.11 Å². The third-order valence-electron chi connectivity index (χ3n) is 4.01. The van der Waals surface area contributed by atoms with E-state index in [0.717, 1.165) is 33.6 Å². The molecule has 0 aliphatic heterocycles. The zero-order valence-electron chi connectivity index (χ0n) is 11.5. The SMILES string of the molecule is COc1cccc2c1-c1ccsc1-c1ccccc1C2O. The van der Waals surface area contributed by atoms with Gasteiger partial charge >= 0.3 is 0 Å². The first-order valence-electron chi connectivity index (χ1n) is 6.83. The van der Waals surface area contributed by atoms with Crippen LogP contribution in [0.5, 0.6) is 5.75 Å². The van der Waals surface area contributed by atoms with E-state index in [1.165, 1.54) is 4.88 Å². The monoisotopic (exact) mass is 294 g/mol. The molecule has 1 heterocycles. The van der Waals surface area contributed by atoms with Crippen molar-refractivity contribution in [2.45, 2.75) is 6.10 Å². The highest BCUT2D eigenvalue weighted by atomic mass is 32.1.